The zero-order valence-corrected chi connectivity index (χ0v) is 9.84. The molecule has 6 heteroatoms. The number of nitrogens with one attached hydrogen (secondary N) is 1. The van der Waals surface area contributed by atoms with Crippen LogP contribution in [0.2, 0.25) is 0 Å². The highest BCUT2D eigenvalue weighted by molar-refractivity contribution is 5.99. The smallest absolute Gasteiger partial charge is 0.253 e. The van der Waals surface area contributed by atoms with Crippen molar-refractivity contribution in [2.45, 2.75) is 6.54 Å². The Balaban J connectivity index is 1.91. The SMILES string of the molecule is Nc1ccc(C(=O)NCCn2cccn2)c(N)c1. The fraction of sp³-hybridized carbons (Fsp3) is 0.167. The van der Waals surface area contributed by atoms with Crippen LogP contribution in [0.5, 0.6) is 0 Å². The minimum absolute atomic E-state index is 0.209. The molecule has 0 saturated heterocycles. The van der Waals surface area contributed by atoms with Crippen LogP contribution in [0.25, 0.3) is 0 Å². The van der Waals surface area contributed by atoms with Crippen LogP contribution in [0.15, 0.2) is 36.7 Å². The number of rotatable bonds is 4. The normalized spacial score (nSPS) is 10.2. The van der Waals surface area contributed by atoms with E-state index in [9.17, 15) is 4.79 Å². The number of benzene rings is 1. The molecule has 1 heterocycles. The van der Waals surface area contributed by atoms with E-state index in [1.165, 1.54) is 0 Å². The van der Waals surface area contributed by atoms with Gasteiger partial charge in [-0.2, -0.15) is 5.10 Å². The van der Waals surface area contributed by atoms with Crippen LogP contribution in [0, 0.1) is 0 Å². The summed E-state index contributed by atoms with van der Waals surface area (Å²) in [7, 11) is 0. The Bertz CT molecular complexity index is 535. The molecule has 0 unspecified atom stereocenters. The van der Waals surface area contributed by atoms with Gasteiger partial charge in [-0.1, -0.05) is 0 Å². The second kappa shape index (κ2) is 5.22. The predicted molar refractivity (Wildman–Crippen MR) is 69.8 cm³/mol. The fourth-order valence-electron chi connectivity index (χ4n) is 1.60. The number of amides is 1. The van der Waals surface area contributed by atoms with Gasteiger partial charge in [0.1, 0.15) is 0 Å². The number of nitrogens with zero attached hydrogens (tertiary/aromatic N) is 2. The molecule has 18 heavy (non-hydrogen) atoms. The molecule has 0 fully saturated rings. The van der Waals surface area contributed by atoms with Gasteiger partial charge in [0.25, 0.3) is 5.91 Å². The molecule has 0 saturated carbocycles. The number of nitrogen functional groups attached to an aromatic ring is 2. The lowest BCUT2D eigenvalue weighted by molar-refractivity contribution is 0.0953. The Morgan fingerprint density at radius 2 is 2.22 bits per heavy atom. The third-order valence-electron chi connectivity index (χ3n) is 2.51. The highest BCUT2D eigenvalue weighted by Gasteiger charge is 2.08. The molecule has 0 aliphatic carbocycles. The first-order valence-electron chi connectivity index (χ1n) is 5.57. The molecule has 2 aromatic rings. The van der Waals surface area contributed by atoms with E-state index >= 15 is 0 Å². The van der Waals surface area contributed by atoms with Crippen LogP contribution in [0.1, 0.15) is 10.4 Å². The van der Waals surface area contributed by atoms with Crippen LogP contribution in [0.4, 0.5) is 11.4 Å². The summed E-state index contributed by atoms with van der Waals surface area (Å²) in [6, 6.07) is 6.68. The van der Waals surface area contributed by atoms with Crippen molar-refractivity contribution in [2.24, 2.45) is 0 Å². The number of aromatic nitrogens is 2. The second-order valence-corrected chi connectivity index (χ2v) is 3.87. The highest BCUT2D eigenvalue weighted by Crippen LogP contribution is 2.15. The van der Waals surface area contributed by atoms with Crippen LogP contribution < -0.4 is 16.8 Å². The van der Waals surface area contributed by atoms with Gasteiger partial charge in [-0.15, -0.1) is 0 Å². The van der Waals surface area contributed by atoms with E-state index in [0.29, 0.717) is 30.0 Å². The van der Waals surface area contributed by atoms with Crippen molar-refractivity contribution in [3.63, 3.8) is 0 Å². The summed E-state index contributed by atoms with van der Waals surface area (Å²) in [4.78, 5) is 11.8. The van der Waals surface area contributed by atoms with Crippen molar-refractivity contribution < 1.29 is 4.79 Å². The number of carbonyl (C=O) groups is 1. The summed E-state index contributed by atoms with van der Waals surface area (Å²) >= 11 is 0. The molecule has 1 aromatic heterocycles. The van der Waals surface area contributed by atoms with Gasteiger partial charge in [0.15, 0.2) is 0 Å². The number of hydrogen-bond donors (Lipinski definition) is 3. The number of nitrogens with two attached hydrogens (primary N) is 2. The maximum absolute atomic E-state index is 11.8. The van der Waals surface area contributed by atoms with Crippen molar-refractivity contribution >= 4 is 17.3 Å². The Hall–Kier alpha value is -2.50. The first-order valence-corrected chi connectivity index (χ1v) is 5.57. The predicted octanol–water partition coefficient (Wildman–Crippen LogP) is 0.477. The lowest BCUT2D eigenvalue weighted by atomic mass is 10.1. The lowest BCUT2D eigenvalue weighted by Gasteiger charge is -2.08. The molecule has 0 spiro atoms. The molecular weight excluding hydrogens is 230 g/mol. The van der Waals surface area contributed by atoms with E-state index < -0.39 is 0 Å². The summed E-state index contributed by atoms with van der Waals surface area (Å²) in [6.07, 6.45) is 3.53. The average molecular weight is 245 g/mol. The van der Waals surface area contributed by atoms with Crippen molar-refractivity contribution in [3.05, 3.63) is 42.2 Å². The topological polar surface area (TPSA) is 99.0 Å². The highest BCUT2D eigenvalue weighted by atomic mass is 16.1. The molecule has 1 aromatic carbocycles. The first kappa shape index (κ1) is 12.0. The largest absolute Gasteiger partial charge is 0.399 e. The maximum atomic E-state index is 11.8. The van der Waals surface area contributed by atoms with E-state index in [1.807, 2.05) is 12.3 Å². The van der Waals surface area contributed by atoms with Gasteiger partial charge in [0, 0.05) is 30.3 Å². The van der Waals surface area contributed by atoms with E-state index in [0.717, 1.165) is 0 Å². The number of carbonyl (C=O) groups excluding carboxylic acids is 1. The van der Waals surface area contributed by atoms with E-state index in [2.05, 4.69) is 10.4 Å². The molecule has 5 N–H and O–H groups in total. The van der Waals surface area contributed by atoms with Crippen molar-refractivity contribution in [1.29, 1.82) is 0 Å². The fourth-order valence-corrected chi connectivity index (χ4v) is 1.60. The Labute approximate surface area is 105 Å². The summed E-state index contributed by atoms with van der Waals surface area (Å²) in [5.41, 5.74) is 12.7. The van der Waals surface area contributed by atoms with Crippen molar-refractivity contribution in [3.8, 4) is 0 Å². The third kappa shape index (κ3) is 2.79. The zero-order valence-electron chi connectivity index (χ0n) is 9.84. The molecular formula is C12H15N5O. The van der Waals surface area contributed by atoms with Crippen LogP contribution >= 0.6 is 0 Å². The maximum Gasteiger partial charge on any atom is 0.253 e. The van der Waals surface area contributed by atoms with Gasteiger partial charge in [0.05, 0.1) is 12.1 Å². The Morgan fingerprint density at radius 1 is 1.39 bits per heavy atom. The second-order valence-electron chi connectivity index (χ2n) is 3.87. The van der Waals surface area contributed by atoms with Gasteiger partial charge >= 0.3 is 0 Å². The minimum Gasteiger partial charge on any atom is -0.399 e. The monoisotopic (exact) mass is 245 g/mol. The van der Waals surface area contributed by atoms with Crippen molar-refractivity contribution in [2.75, 3.05) is 18.0 Å². The van der Waals surface area contributed by atoms with Gasteiger partial charge in [-0.3, -0.25) is 9.48 Å². The molecule has 6 nitrogen and oxygen atoms in total. The number of hydrogen-bond acceptors (Lipinski definition) is 4. The van der Waals surface area contributed by atoms with Gasteiger partial charge < -0.3 is 16.8 Å². The molecule has 0 aliphatic heterocycles. The van der Waals surface area contributed by atoms with E-state index in [4.69, 9.17) is 11.5 Å². The van der Waals surface area contributed by atoms with Gasteiger partial charge in [-0.25, -0.2) is 0 Å². The van der Waals surface area contributed by atoms with Crippen LogP contribution in [0.3, 0.4) is 0 Å². The van der Waals surface area contributed by atoms with Crippen LogP contribution in [-0.4, -0.2) is 22.2 Å². The minimum atomic E-state index is -0.209. The van der Waals surface area contributed by atoms with Crippen molar-refractivity contribution in [1.82, 2.24) is 15.1 Å². The number of anilines is 2. The summed E-state index contributed by atoms with van der Waals surface area (Å²) in [6.45, 7) is 1.11. The summed E-state index contributed by atoms with van der Waals surface area (Å²) in [5, 5.41) is 6.82. The van der Waals surface area contributed by atoms with Crippen LogP contribution in [-0.2, 0) is 6.54 Å². The molecule has 0 radical (unpaired) electrons. The Kier molecular flexibility index (Phi) is 3.47. The average Bonchev–Trinajstić information content (AvgIpc) is 2.81. The summed E-state index contributed by atoms with van der Waals surface area (Å²) < 4.78 is 1.74. The molecule has 94 valence electrons. The first-order chi connectivity index (χ1) is 8.66. The lowest BCUT2D eigenvalue weighted by Crippen LogP contribution is -2.28. The van der Waals surface area contributed by atoms with Gasteiger partial charge in [0.2, 0.25) is 0 Å². The van der Waals surface area contributed by atoms with E-state index in [-0.39, 0.29) is 5.91 Å². The molecule has 0 aliphatic rings. The quantitative estimate of drug-likeness (QED) is 0.682. The van der Waals surface area contributed by atoms with E-state index in [1.54, 1.807) is 29.1 Å². The molecule has 1 amide bonds. The standard InChI is InChI=1S/C12H15N5O/c13-9-2-3-10(11(14)8-9)12(18)15-5-7-17-6-1-4-16-17/h1-4,6,8H,5,7,13-14H2,(H,15,18). The molecule has 0 atom stereocenters. The van der Waals surface area contributed by atoms with Gasteiger partial charge in [-0.05, 0) is 24.3 Å². The Morgan fingerprint density at radius 3 is 2.89 bits per heavy atom. The molecule has 0 bridgehead atoms. The molecule has 2 rings (SSSR count). The summed E-state index contributed by atoms with van der Waals surface area (Å²) in [5.74, 6) is -0.209. The third-order valence-corrected chi connectivity index (χ3v) is 2.51. The zero-order chi connectivity index (χ0) is 13.0.